The van der Waals surface area contributed by atoms with E-state index in [-0.39, 0.29) is 29.6 Å². The third-order valence-corrected chi connectivity index (χ3v) is 7.93. The van der Waals surface area contributed by atoms with E-state index in [1.807, 2.05) is 34.1 Å². The molecule has 3 aliphatic rings. The third kappa shape index (κ3) is 4.26. The smallest absolute Gasteiger partial charge is 0.228 e. The van der Waals surface area contributed by atoms with Crippen LogP contribution in [-0.2, 0) is 22.6 Å². The zero-order chi connectivity index (χ0) is 23.7. The van der Waals surface area contributed by atoms with E-state index in [2.05, 4.69) is 18.2 Å². The quantitative estimate of drug-likeness (QED) is 0.674. The van der Waals surface area contributed by atoms with Gasteiger partial charge in [0, 0.05) is 43.6 Å². The minimum absolute atomic E-state index is 0.101. The number of likely N-dealkylation sites (tertiary alicyclic amines) is 1. The molecule has 0 N–H and O–H groups in total. The summed E-state index contributed by atoms with van der Waals surface area (Å²) in [6, 6.07) is 14.1. The van der Waals surface area contributed by atoms with Crippen LogP contribution in [0.15, 0.2) is 42.5 Å². The van der Waals surface area contributed by atoms with Crippen LogP contribution in [0.1, 0.15) is 48.3 Å². The fourth-order valence-electron chi connectivity index (χ4n) is 6.03. The van der Waals surface area contributed by atoms with Crippen molar-refractivity contribution in [3.8, 4) is 11.5 Å². The van der Waals surface area contributed by atoms with Gasteiger partial charge >= 0.3 is 0 Å². The molecule has 2 fully saturated rings. The van der Waals surface area contributed by atoms with Gasteiger partial charge in [-0.2, -0.15) is 0 Å². The van der Waals surface area contributed by atoms with Gasteiger partial charge in [0.1, 0.15) is 11.5 Å². The Balaban J connectivity index is 1.45. The van der Waals surface area contributed by atoms with Gasteiger partial charge in [-0.05, 0) is 48.6 Å². The SMILES string of the molecule is COc1ccc(OC)c(C2CN(C(=O)C3CCCC3)CC2C(=O)N2CCc3ccccc3C2)c1. The highest BCUT2D eigenvalue weighted by Crippen LogP contribution is 2.42. The van der Waals surface area contributed by atoms with Crippen LogP contribution < -0.4 is 9.47 Å². The molecule has 6 heteroatoms. The van der Waals surface area contributed by atoms with Crippen LogP contribution in [-0.4, -0.2) is 55.5 Å². The van der Waals surface area contributed by atoms with Crippen molar-refractivity contribution < 1.29 is 19.1 Å². The maximum atomic E-state index is 14.0. The Morgan fingerprint density at radius 1 is 0.882 bits per heavy atom. The van der Waals surface area contributed by atoms with Gasteiger partial charge in [0.25, 0.3) is 0 Å². The first-order valence-electron chi connectivity index (χ1n) is 12.4. The molecule has 2 amide bonds. The maximum absolute atomic E-state index is 14.0. The molecule has 2 aromatic carbocycles. The molecular weight excluding hydrogens is 428 g/mol. The summed E-state index contributed by atoms with van der Waals surface area (Å²) in [5, 5.41) is 0. The predicted octanol–water partition coefficient (Wildman–Crippen LogP) is 4.02. The van der Waals surface area contributed by atoms with Crippen LogP contribution in [0.4, 0.5) is 0 Å². The lowest BCUT2D eigenvalue weighted by Gasteiger charge is -2.32. The number of carbonyl (C=O) groups is 2. The number of hydrogen-bond acceptors (Lipinski definition) is 4. The number of rotatable bonds is 5. The van der Waals surface area contributed by atoms with E-state index in [1.165, 1.54) is 11.1 Å². The van der Waals surface area contributed by atoms with Gasteiger partial charge in [-0.1, -0.05) is 37.1 Å². The van der Waals surface area contributed by atoms with Crippen molar-refractivity contribution in [1.29, 1.82) is 0 Å². The van der Waals surface area contributed by atoms with Crippen LogP contribution in [0.3, 0.4) is 0 Å². The fraction of sp³-hybridized carbons (Fsp3) is 0.500. The summed E-state index contributed by atoms with van der Waals surface area (Å²) < 4.78 is 11.2. The molecule has 2 heterocycles. The van der Waals surface area contributed by atoms with E-state index < -0.39 is 0 Å². The van der Waals surface area contributed by atoms with Crippen LogP contribution in [0.5, 0.6) is 11.5 Å². The third-order valence-electron chi connectivity index (χ3n) is 7.93. The van der Waals surface area contributed by atoms with E-state index in [0.717, 1.165) is 49.2 Å². The molecule has 2 aromatic rings. The lowest BCUT2D eigenvalue weighted by molar-refractivity contribution is -0.137. The Kier molecular flexibility index (Phi) is 6.48. The summed E-state index contributed by atoms with van der Waals surface area (Å²) >= 11 is 0. The summed E-state index contributed by atoms with van der Waals surface area (Å²) in [5.41, 5.74) is 3.48. The molecule has 0 radical (unpaired) electrons. The number of ether oxygens (including phenoxy) is 2. The van der Waals surface area contributed by atoms with E-state index >= 15 is 0 Å². The molecule has 2 aliphatic heterocycles. The Bertz CT molecular complexity index is 1060. The molecule has 2 atom stereocenters. The Morgan fingerprint density at radius 2 is 1.65 bits per heavy atom. The van der Waals surface area contributed by atoms with Crippen molar-refractivity contribution in [3.05, 3.63) is 59.2 Å². The number of fused-ring (bicyclic) bond motifs is 1. The monoisotopic (exact) mass is 462 g/mol. The summed E-state index contributed by atoms with van der Waals surface area (Å²) in [6.45, 7) is 2.35. The number of carbonyl (C=O) groups excluding carboxylic acids is 2. The Labute approximate surface area is 201 Å². The van der Waals surface area contributed by atoms with E-state index in [4.69, 9.17) is 9.47 Å². The normalized spacial score (nSPS) is 22.5. The van der Waals surface area contributed by atoms with Gasteiger partial charge < -0.3 is 19.3 Å². The number of benzene rings is 2. The van der Waals surface area contributed by atoms with Crippen molar-refractivity contribution in [3.63, 3.8) is 0 Å². The molecule has 1 saturated carbocycles. The van der Waals surface area contributed by atoms with Gasteiger partial charge in [-0.15, -0.1) is 0 Å². The standard InChI is InChI=1S/C28H34N2O4/c1-33-22-11-12-26(34-2)23(15-22)24-17-30(27(31)20-8-4-5-9-20)18-25(24)28(32)29-14-13-19-7-3-6-10-21(19)16-29/h3,6-7,10-12,15,20,24-25H,4-5,8-9,13-14,16-18H2,1-2H3. The molecule has 1 saturated heterocycles. The van der Waals surface area contributed by atoms with Crippen molar-refractivity contribution >= 4 is 11.8 Å². The lowest BCUT2D eigenvalue weighted by Crippen LogP contribution is -2.42. The summed E-state index contributed by atoms with van der Waals surface area (Å²) in [5.74, 6) is 1.49. The molecule has 0 bridgehead atoms. The number of amides is 2. The van der Waals surface area contributed by atoms with E-state index in [1.54, 1.807) is 14.2 Å². The first kappa shape index (κ1) is 22.8. The van der Waals surface area contributed by atoms with Gasteiger partial charge in [0.15, 0.2) is 0 Å². The number of methoxy groups -OCH3 is 2. The topological polar surface area (TPSA) is 59.1 Å². The molecule has 0 aromatic heterocycles. The number of hydrogen-bond donors (Lipinski definition) is 0. The summed E-state index contributed by atoms with van der Waals surface area (Å²) in [4.78, 5) is 31.2. The zero-order valence-corrected chi connectivity index (χ0v) is 20.2. The second-order valence-electron chi connectivity index (χ2n) is 9.82. The second-order valence-corrected chi connectivity index (χ2v) is 9.82. The van der Waals surface area contributed by atoms with Crippen LogP contribution in [0, 0.1) is 11.8 Å². The van der Waals surface area contributed by atoms with Crippen LogP contribution in [0.25, 0.3) is 0 Å². The molecule has 5 rings (SSSR count). The summed E-state index contributed by atoms with van der Waals surface area (Å²) in [6.07, 6.45) is 5.03. The van der Waals surface area contributed by atoms with Gasteiger partial charge in [-0.3, -0.25) is 9.59 Å². The molecule has 34 heavy (non-hydrogen) atoms. The highest BCUT2D eigenvalue weighted by atomic mass is 16.5. The van der Waals surface area contributed by atoms with E-state index in [0.29, 0.717) is 26.2 Å². The highest BCUT2D eigenvalue weighted by Gasteiger charge is 2.45. The van der Waals surface area contributed by atoms with E-state index in [9.17, 15) is 9.59 Å². The first-order valence-corrected chi connectivity index (χ1v) is 12.4. The zero-order valence-electron chi connectivity index (χ0n) is 20.2. The van der Waals surface area contributed by atoms with Gasteiger partial charge in [-0.25, -0.2) is 0 Å². The summed E-state index contributed by atoms with van der Waals surface area (Å²) in [7, 11) is 3.30. The average molecular weight is 463 g/mol. The van der Waals surface area contributed by atoms with Crippen molar-refractivity contribution in [1.82, 2.24) is 9.80 Å². The molecular formula is C28H34N2O4. The maximum Gasteiger partial charge on any atom is 0.228 e. The lowest BCUT2D eigenvalue weighted by atomic mass is 9.86. The fourth-order valence-corrected chi connectivity index (χ4v) is 6.03. The first-order chi connectivity index (χ1) is 16.6. The molecule has 6 nitrogen and oxygen atoms in total. The molecule has 180 valence electrons. The Hall–Kier alpha value is -3.02. The van der Waals surface area contributed by atoms with Crippen molar-refractivity contribution in [2.24, 2.45) is 11.8 Å². The second kappa shape index (κ2) is 9.69. The molecule has 0 spiro atoms. The minimum Gasteiger partial charge on any atom is -0.497 e. The Morgan fingerprint density at radius 3 is 2.38 bits per heavy atom. The average Bonchev–Trinajstić information content (AvgIpc) is 3.58. The highest BCUT2D eigenvalue weighted by molar-refractivity contribution is 5.85. The van der Waals surface area contributed by atoms with Crippen molar-refractivity contribution in [2.75, 3.05) is 33.9 Å². The van der Waals surface area contributed by atoms with Gasteiger partial charge in [0.2, 0.25) is 11.8 Å². The van der Waals surface area contributed by atoms with Crippen LogP contribution in [0.2, 0.25) is 0 Å². The van der Waals surface area contributed by atoms with Crippen LogP contribution >= 0.6 is 0 Å². The number of nitrogens with zero attached hydrogens (tertiary/aromatic N) is 2. The minimum atomic E-state index is -0.295. The molecule has 1 aliphatic carbocycles. The molecule has 2 unspecified atom stereocenters. The van der Waals surface area contributed by atoms with Crippen molar-refractivity contribution in [2.45, 2.75) is 44.6 Å². The van der Waals surface area contributed by atoms with Gasteiger partial charge in [0.05, 0.1) is 20.1 Å². The predicted molar refractivity (Wildman–Crippen MR) is 130 cm³/mol. The largest absolute Gasteiger partial charge is 0.497 e.